The van der Waals surface area contributed by atoms with Crippen LogP contribution in [-0.2, 0) is 6.42 Å². The number of hydrogen-bond acceptors (Lipinski definition) is 5. The molecule has 0 spiro atoms. The maximum Gasteiger partial charge on any atom is 0.336 e. The van der Waals surface area contributed by atoms with Crippen molar-refractivity contribution in [3.63, 3.8) is 0 Å². The summed E-state index contributed by atoms with van der Waals surface area (Å²) in [7, 11) is 3.61. The summed E-state index contributed by atoms with van der Waals surface area (Å²) >= 11 is 0. The highest BCUT2D eigenvalue weighted by Crippen LogP contribution is 2.34. The van der Waals surface area contributed by atoms with Gasteiger partial charge in [0, 0.05) is 32.4 Å². The summed E-state index contributed by atoms with van der Waals surface area (Å²) in [6.07, 6.45) is 3.58. The van der Waals surface area contributed by atoms with E-state index in [1.54, 1.807) is 38.2 Å². The van der Waals surface area contributed by atoms with Crippen LogP contribution in [-0.4, -0.2) is 29.9 Å². The van der Waals surface area contributed by atoms with E-state index in [1.807, 2.05) is 6.92 Å². The number of aryl methyl sites for hydroxylation is 2. The van der Waals surface area contributed by atoms with Gasteiger partial charge in [-0.05, 0) is 30.5 Å². The van der Waals surface area contributed by atoms with Gasteiger partial charge in [0.15, 0.2) is 5.78 Å². The molecule has 2 aromatic rings. The Morgan fingerprint density at radius 1 is 1.36 bits per heavy atom. The summed E-state index contributed by atoms with van der Waals surface area (Å²) in [6.45, 7) is 3.58. The zero-order chi connectivity index (χ0) is 16.4. The number of carbonyl (C=O) groups excluding carboxylic acids is 1. The topological polar surface area (TPSA) is 70.8 Å². The van der Waals surface area contributed by atoms with Crippen LogP contribution < -0.4 is 5.63 Å². The van der Waals surface area contributed by atoms with E-state index in [0.717, 1.165) is 0 Å². The molecule has 0 bridgehead atoms. The van der Waals surface area contributed by atoms with Gasteiger partial charge in [0.1, 0.15) is 11.3 Å². The molecular weight excluding hydrogens is 282 g/mol. The molecule has 22 heavy (non-hydrogen) atoms. The molecule has 1 N–H and O–H groups in total. The van der Waals surface area contributed by atoms with Gasteiger partial charge in [-0.3, -0.25) is 4.79 Å². The Labute approximate surface area is 128 Å². The molecular formula is C17H19NO4. The van der Waals surface area contributed by atoms with Gasteiger partial charge < -0.3 is 14.4 Å². The van der Waals surface area contributed by atoms with Gasteiger partial charge in [0.05, 0.1) is 10.9 Å². The molecule has 116 valence electrons. The maximum atomic E-state index is 12.3. The van der Waals surface area contributed by atoms with Crippen LogP contribution in [0.4, 0.5) is 0 Å². The Hall–Kier alpha value is -2.56. The SMILES string of the molecule is CCc1cc(=O)oc2cc(C)c(C(=O)/C=C/N(C)C)c(O)c12. The molecule has 0 aliphatic heterocycles. The van der Waals surface area contributed by atoms with E-state index in [1.165, 1.54) is 12.1 Å². The van der Waals surface area contributed by atoms with Gasteiger partial charge in [-0.15, -0.1) is 0 Å². The molecule has 0 aliphatic carbocycles. The monoisotopic (exact) mass is 301 g/mol. The number of carbonyl (C=O) groups is 1. The van der Waals surface area contributed by atoms with Crippen molar-refractivity contribution in [1.82, 2.24) is 4.90 Å². The highest BCUT2D eigenvalue weighted by molar-refractivity contribution is 6.11. The third-order valence-electron chi connectivity index (χ3n) is 3.44. The third-order valence-corrected chi connectivity index (χ3v) is 3.44. The molecule has 1 heterocycles. The van der Waals surface area contributed by atoms with E-state index in [-0.39, 0.29) is 17.1 Å². The van der Waals surface area contributed by atoms with Crippen molar-refractivity contribution in [2.45, 2.75) is 20.3 Å². The van der Waals surface area contributed by atoms with Crippen molar-refractivity contribution in [1.29, 1.82) is 0 Å². The first-order chi connectivity index (χ1) is 10.3. The fraction of sp³-hybridized carbons (Fsp3) is 0.294. The van der Waals surface area contributed by atoms with Crippen LogP contribution in [0.1, 0.15) is 28.4 Å². The normalized spacial score (nSPS) is 11.3. The van der Waals surface area contributed by atoms with Crippen LogP contribution in [0.2, 0.25) is 0 Å². The molecule has 1 aromatic heterocycles. The highest BCUT2D eigenvalue weighted by Gasteiger charge is 2.19. The van der Waals surface area contributed by atoms with E-state index < -0.39 is 5.63 Å². The van der Waals surface area contributed by atoms with Gasteiger partial charge in [0.25, 0.3) is 0 Å². The number of phenolic OH excluding ortho intramolecular Hbond substituents is 1. The second-order valence-electron chi connectivity index (χ2n) is 5.38. The van der Waals surface area contributed by atoms with Crippen LogP contribution in [0.5, 0.6) is 5.75 Å². The van der Waals surface area contributed by atoms with E-state index in [0.29, 0.717) is 28.5 Å². The summed E-state index contributed by atoms with van der Waals surface area (Å²) in [5.74, 6) is -0.428. The smallest absolute Gasteiger partial charge is 0.336 e. The standard InChI is InChI=1S/C17H19NO4/c1-5-11-9-14(20)22-13-8-10(2)15(17(21)16(11)13)12(19)6-7-18(3)4/h6-9,21H,5H2,1-4H3/b7-6+. The summed E-state index contributed by atoms with van der Waals surface area (Å²) in [6, 6.07) is 2.97. The summed E-state index contributed by atoms with van der Waals surface area (Å²) in [5, 5.41) is 11.0. The number of rotatable bonds is 4. The molecule has 1 aromatic carbocycles. The molecule has 0 amide bonds. The van der Waals surface area contributed by atoms with E-state index >= 15 is 0 Å². The Bertz CT molecular complexity index is 815. The summed E-state index contributed by atoms with van der Waals surface area (Å²) in [4.78, 5) is 25.6. The number of allylic oxidation sites excluding steroid dienone is 1. The minimum absolute atomic E-state index is 0.135. The molecule has 0 saturated heterocycles. The van der Waals surface area contributed by atoms with E-state index in [4.69, 9.17) is 4.42 Å². The number of fused-ring (bicyclic) bond motifs is 1. The van der Waals surface area contributed by atoms with Gasteiger partial charge in [-0.1, -0.05) is 6.92 Å². The zero-order valence-corrected chi connectivity index (χ0v) is 13.1. The third kappa shape index (κ3) is 2.88. The average molecular weight is 301 g/mol. The number of benzene rings is 1. The minimum Gasteiger partial charge on any atom is -0.506 e. The second-order valence-corrected chi connectivity index (χ2v) is 5.38. The van der Waals surface area contributed by atoms with Crippen LogP contribution in [0.25, 0.3) is 11.0 Å². The van der Waals surface area contributed by atoms with Crippen LogP contribution in [0, 0.1) is 6.92 Å². The first kappa shape index (κ1) is 15.8. The van der Waals surface area contributed by atoms with Gasteiger partial charge in [0.2, 0.25) is 0 Å². The molecule has 0 fully saturated rings. The van der Waals surface area contributed by atoms with Gasteiger partial charge in [-0.25, -0.2) is 4.79 Å². The second kappa shape index (κ2) is 6.05. The lowest BCUT2D eigenvalue weighted by Crippen LogP contribution is -2.06. The Balaban J connectivity index is 2.74. The lowest BCUT2D eigenvalue weighted by atomic mass is 9.97. The lowest BCUT2D eigenvalue weighted by molar-refractivity contribution is 0.104. The summed E-state index contributed by atoms with van der Waals surface area (Å²) < 4.78 is 5.15. The van der Waals surface area contributed by atoms with Crippen molar-refractivity contribution >= 4 is 16.8 Å². The molecule has 0 saturated carbocycles. The first-order valence-corrected chi connectivity index (χ1v) is 7.03. The van der Waals surface area contributed by atoms with Crippen LogP contribution in [0.3, 0.4) is 0 Å². The maximum absolute atomic E-state index is 12.3. The number of ketones is 1. The highest BCUT2D eigenvalue weighted by atomic mass is 16.4. The quantitative estimate of drug-likeness (QED) is 0.534. The Morgan fingerprint density at radius 2 is 2.05 bits per heavy atom. The number of phenols is 1. The number of aromatic hydroxyl groups is 1. The number of nitrogens with zero attached hydrogens (tertiary/aromatic N) is 1. The molecule has 5 heteroatoms. The molecule has 2 rings (SSSR count). The Morgan fingerprint density at radius 3 is 2.64 bits per heavy atom. The van der Waals surface area contributed by atoms with Crippen molar-refractivity contribution in [3.05, 3.63) is 51.5 Å². The molecule has 0 unspecified atom stereocenters. The van der Waals surface area contributed by atoms with Crippen LogP contribution >= 0.6 is 0 Å². The fourth-order valence-electron chi connectivity index (χ4n) is 2.40. The number of hydrogen-bond donors (Lipinski definition) is 1. The molecule has 0 aliphatic rings. The summed E-state index contributed by atoms with van der Waals surface area (Å²) in [5.41, 5.74) is 1.29. The zero-order valence-electron chi connectivity index (χ0n) is 13.1. The minimum atomic E-state index is -0.463. The predicted molar refractivity (Wildman–Crippen MR) is 85.4 cm³/mol. The average Bonchev–Trinajstić information content (AvgIpc) is 2.43. The van der Waals surface area contributed by atoms with Gasteiger partial charge in [-0.2, -0.15) is 0 Å². The van der Waals surface area contributed by atoms with Crippen molar-refractivity contribution in [2.24, 2.45) is 0 Å². The molecule has 0 radical (unpaired) electrons. The largest absolute Gasteiger partial charge is 0.506 e. The fourth-order valence-corrected chi connectivity index (χ4v) is 2.40. The van der Waals surface area contributed by atoms with Crippen molar-refractivity contribution < 1.29 is 14.3 Å². The van der Waals surface area contributed by atoms with Crippen LogP contribution in [0.15, 0.2) is 33.6 Å². The first-order valence-electron chi connectivity index (χ1n) is 7.03. The lowest BCUT2D eigenvalue weighted by Gasteiger charge is -2.11. The van der Waals surface area contributed by atoms with E-state index in [2.05, 4.69) is 0 Å². The van der Waals surface area contributed by atoms with Gasteiger partial charge >= 0.3 is 5.63 Å². The molecule has 5 nitrogen and oxygen atoms in total. The van der Waals surface area contributed by atoms with Crippen molar-refractivity contribution in [3.8, 4) is 5.75 Å². The molecule has 0 atom stereocenters. The predicted octanol–water partition coefficient (Wildman–Crippen LogP) is 2.63. The Kier molecular flexibility index (Phi) is 4.35. The van der Waals surface area contributed by atoms with Crippen molar-refractivity contribution in [2.75, 3.05) is 14.1 Å². The van der Waals surface area contributed by atoms with E-state index in [9.17, 15) is 14.7 Å².